The largest absolute Gasteiger partial charge is 0.370 e. The fourth-order valence-electron chi connectivity index (χ4n) is 6.28. The molecule has 2 aliphatic heterocycles. The maximum absolute atomic E-state index is 16.3. The molecule has 0 saturated carbocycles. The summed E-state index contributed by atoms with van der Waals surface area (Å²) in [5.41, 5.74) is 8.26. The molecule has 2 heterocycles. The number of hydrogen-bond acceptors (Lipinski definition) is 5. The summed E-state index contributed by atoms with van der Waals surface area (Å²) in [5.74, 6) is 0.108. The van der Waals surface area contributed by atoms with E-state index in [0.29, 0.717) is 40.6 Å². The van der Waals surface area contributed by atoms with Crippen LogP contribution in [0.5, 0.6) is 0 Å². The van der Waals surface area contributed by atoms with Gasteiger partial charge in [0, 0.05) is 55.3 Å². The van der Waals surface area contributed by atoms with Crippen molar-refractivity contribution in [1.29, 1.82) is 0 Å². The van der Waals surface area contributed by atoms with E-state index in [1.54, 1.807) is 6.07 Å². The number of nitrogens with one attached hydrogen (secondary N) is 1. The Morgan fingerprint density at radius 2 is 1.90 bits per heavy atom. The minimum Gasteiger partial charge on any atom is -0.370 e. The summed E-state index contributed by atoms with van der Waals surface area (Å²) >= 11 is 6.84. The standard InChI is InChI=1S/C32H40ClFN6/c1-4-23(35)12-7-8-15-37-31(38-21-40-19-32(20-40)17-39(3)18-32)26-16-27(33)28(29(34)30(26)36-2)25-14-9-11-22-10-5-6-13-24(22)25/h5-6,9-11,13-14,16,23H,2,4,7-8,12,15,17-21,35H2,1,3H3,(H,37,38). The predicted octanol–water partition coefficient (Wildman–Crippen LogP) is 6.08. The number of rotatable bonds is 11. The molecule has 0 amide bonds. The van der Waals surface area contributed by atoms with Gasteiger partial charge < -0.3 is 16.0 Å². The smallest absolute Gasteiger partial charge is 0.158 e. The lowest BCUT2D eigenvalue weighted by Crippen LogP contribution is -2.71. The maximum Gasteiger partial charge on any atom is 0.158 e. The second kappa shape index (κ2) is 12.4. The first-order valence-electron chi connectivity index (χ1n) is 14.3. The van der Waals surface area contributed by atoms with Gasteiger partial charge in [-0.3, -0.25) is 14.9 Å². The van der Waals surface area contributed by atoms with Crippen LogP contribution in [0.3, 0.4) is 0 Å². The summed E-state index contributed by atoms with van der Waals surface area (Å²) in [5, 5.41) is 5.73. The van der Waals surface area contributed by atoms with Crippen LogP contribution in [0.4, 0.5) is 10.1 Å². The lowest BCUT2D eigenvalue weighted by atomic mass is 9.73. The van der Waals surface area contributed by atoms with Crippen molar-refractivity contribution in [3.63, 3.8) is 0 Å². The quantitative estimate of drug-likeness (QED) is 0.169. The fourth-order valence-corrected chi connectivity index (χ4v) is 6.58. The average Bonchev–Trinajstić information content (AvgIpc) is 2.91. The summed E-state index contributed by atoms with van der Waals surface area (Å²) in [6.07, 6.45) is 3.91. The van der Waals surface area contributed by atoms with Crippen LogP contribution in [0, 0.1) is 11.2 Å². The summed E-state index contributed by atoms with van der Waals surface area (Å²) in [6.45, 7) is 11.4. The summed E-state index contributed by atoms with van der Waals surface area (Å²) in [7, 11) is 2.16. The highest BCUT2D eigenvalue weighted by Crippen LogP contribution is 2.41. The number of fused-ring (bicyclic) bond motifs is 1. The zero-order valence-corrected chi connectivity index (χ0v) is 24.4. The first-order chi connectivity index (χ1) is 19.3. The molecule has 5 rings (SSSR count). The van der Waals surface area contributed by atoms with E-state index in [4.69, 9.17) is 22.3 Å². The van der Waals surface area contributed by atoms with Crippen LogP contribution in [0.1, 0.15) is 38.2 Å². The lowest BCUT2D eigenvalue weighted by molar-refractivity contribution is -0.102. The number of nitrogens with two attached hydrogens (primary N) is 1. The van der Waals surface area contributed by atoms with E-state index in [1.165, 1.54) is 0 Å². The van der Waals surface area contributed by atoms with Crippen molar-refractivity contribution in [3.8, 4) is 11.1 Å². The van der Waals surface area contributed by atoms with Gasteiger partial charge in [0.2, 0.25) is 0 Å². The van der Waals surface area contributed by atoms with Crippen molar-refractivity contribution in [2.24, 2.45) is 21.1 Å². The second-order valence-electron chi connectivity index (χ2n) is 11.5. The third-order valence-corrected chi connectivity index (χ3v) is 8.54. The molecule has 0 radical (unpaired) electrons. The SMILES string of the molecule is C=Nc1c(C(=NCN2CC3(CN(C)C3)C2)NCCCCC(N)CC)cc(Cl)c(-c2cccc3ccccc23)c1F. The molecule has 8 heteroatoms. The molecule has 0 bridgehead atoms. The van der Waals surface area contributed by atoms with Crippen LogP contribution in [-0.2, 0) is 0 Å². The molecule has 2 aliphatic rings. The molecule has 0 aromatic heterocycles. The number of amidine groups is 1. The van der Waals surface area contributed by atoms with Crippen LogP contribution >= 0.6 is 11.6 Å². The number of aliphatic imine (C=N–C) groups is 2. The molecule has 1 atom stereocenters. The highest BCUT2D eigenvalue weighted by Gasteiger charge is 2.50. The van der Waals surface area contributed by atoms with Gasteiger partial charge >= 0.3 is 0 Å². The Morgan fingerprint density at radius 3 is 2.62 bits per heavy atom. The van der Waals surface area contributed by atoms with Crippen LogP contribution < -0.4 is 11.1 Å². The summed E-state index contributed by atoms with van der Waals surface area (Å²) in [6, 6.07) is 15.7. The molecule has 3 aromatic carbocycles. The molecule has 2 fully saturated rings. The molecule has 212 valence electrons. The minimum absolute atomic E-state index is 0.160. The number of unbranched alkanes of at least 4 members (excludes halogenated alkanes) is 1. The van der Waals surface area contributed by atoms with Crippen molar-refractivity contribution < 1.29 is 4.39 Å². The highest BCUT2D eigenvalue weighted by molar-refractivity contribution is 6.34. The molecular weight excluding hydrogens is 523 g/mol. The Morgan fingerprint density at radius 1 is 1.15 bits per heavy atom. The molecule has 40 heavy (non-hydrogen) atoms. The number of halogens is 2. The Balaban J connectivity index is 1.43. The number of likely N-dealkylation sites (tertiary alicyclic amines) is 2. The van der Waals surface area contributed by atoms with Gasteiger partial charge in [0.25, 0.3) is 0 Å². The van der Waals surface area contributed by atoms with Crippen molar-refractivity contribution in [2.75, 3.05) is 46.4 Å². The fraction of sp³-hybridized carbons (Fsp3) is 0.438. The van der Waals surface area contributed by atoms with Crippen LogP contribution in [0.15, 0.2) is 58.5 Å². The zero-order chi connectivity index (χ0) is 28.3. The summed E-state index contributed by atoms with van der Waals surface area (Å²) < 4.78 is 16.3. The van der Waals surface area contributed by atoms with E-state index in [2.05, 4.69) is 40.8 Å². The Labute approximate surface area is 242 Å². The zero-order valence-electron chi connectivity index (χ0n) is 23.6. The van der Waals surface area contributed by atoms with Gasteiger partial charge in [-0.15, -0.1) is 0 Å². The van der Waals surface area contributed by atoms with Crippen molar-refractivity contribution in [2.45, 2.75) is 38.6 Å². The molecular formula is C32H40ClFN6. The lowest BCUT2D eigenvalue weighted by Gasteiger charge is -2.59. The van der Waals surface area contributed by atoms with E-state index in [-0.39, 0.29) is 11.7 Å². The van der Waals surface area contributed by atoms with Crippen LogP contribution in [0.25, 0.3) is 21.9 Å². The molecule has 3 N–H and O–H groups in total. The third kappa shape index (κ3) is 5.93. The number of hydrogen-bond donors (Lipinski definition) is 2. The van der Waals surface area contributed by atoms with Gasteiger partial charge in [-0.1, -0.05) is 67.4 Å². The van der Waals surface area contributed by atoms with Gasteiger partial charge in [0.15, 0.2) is 5.82 Å². The van der Waals surface area contributed by atoms with Gasteiger partial charge in [0.1, 0.15) is 11.5 Å². The van der Waals surface area contributed by atoms with E-state index in [9.17, 15) is 0 Å². The first-order valence-corrected chi connectivity index (χ1v) is 14.6. The summed E-state index contributed by atoms with van der Waals surface area (Å²) in [4.78, 5) is 13.8. The monoisotopic (exact) mass is 562 g/mol. The third-order valence-electron chi connectivity index (χ3n) is 8.24. The topological polar surface area (TPSA) is 69.2 Å². The van der Waals surface area contributed by atoms with Crippen molar-refractivity contribution in [3.05, 3.63) is 64.9 Å². The van der Waals surface area contributed by atoms with Gasteiger partial charge in [-0.2, -0.15) is 0 Å². The number of nitrogens with zero attached hydrogens (tertiary/aromatic N) is 4. The minimum atomic E-state index is -0.488. The van der Waals surface area contributed by atoms with E-state index in [0.717, 1.165) is 68.2 Å². The van der Waals surface area contributed by atoms with Gasteiger partial charge in [-0.25, -0.2) is 4.39 Å². The van der Waals surface area contributed by atoms with Gasteiger partial charge in [0.05, 0.1) is 11.7 Å². The molecule has 2 saturated heterocycles. The second-order valence-corrected chi connectivity index (χ2v) is 11.9. The average molecular weight is 563 g/mol. The van der Waals surface area contributed by atoms with E-state index < -0.39 is 5.82 Å². The van der Waals surface area contributed by atoms with E-state index in [1.807, 2.05) is 42.5 Å². The van der Waals surface area contributed by atoms with Gasteiger partial charge in [-0.05, 0) is 55.4 Å². The van der Waals surface area contributed by atoms with Crippen molar-refractivity contribution >= 4 is 40.6 Å². The molecule has 3 aromatic rings. The van der Waals surface area contributed by atoms with Crippen molar-refractivity contribution in [1.82, 2.24) is 15.1 Å². The Hall–Kier alpha value is -2.84. The molecule has 1 spiro atoms. The normalized spacial score (nSPS) is 18.0. The predicted molar refractivity (Wildman–Crippen MR) is 167 cm³/mol. The molecule has 6 nitrogen and oxygen atoms in total. The van der Waals surface area contributed by atoms with Crippen LogP contribution in [-0.4, -0.2) is 74.8 Å². The first kappa shape index (κ1) is 28.7. The Bertz CT molecular complexity index is 1390. The maximum atomic E-state index is 16.3. The van der Waals surface area contributed by atoms with E-state index >= 15 is 4.39 Å². The number of benzene rings is 3. The molecule has 0 aliphatic carbocycles. The highest BCUT2D eigenvalue weighted by atomic mass is 35.5. The Kier molecular flexibility index (Phi) is 8.86. The van der Waals surface area contributed by atoms with Crippen LogP contribution in [0.2, 0.25) is 5.02 Å². The molecule has 1 unspecified atom stereocenters.